The van der Waals surface area contributed by atoms with Crippen LogP contribution in [0.4, 0.5) is 0 Å². The first-order valence-electron chi connectivity index (χ1n) is 8.90. The van der Waals surface area contributed by atoms with Crippen molar-refractivity contribution in [3.05, 3.63) is 70.1 Å². The maximum atomic E-state index is 12.8. The first kappa shape index (κ1) is 17.9. The van der Waals surface area contributed by atoms with E-state index < -0.39 is 5.56 Å². The summed E-state index contributed by atoms with van der Waals surface area (Å²) in [5.74, 6) is -0.280. The molecule has 1 N–H and O–H groups in total. The van der Waals surface area contributed by atoms with Gasteiger partial charge in [0.05, 0.1) is 0 Å². The van der Waals surface area contributed by atoms with Crippen LogP contribution in [0.1, 0.15) is 35.7 Å². The van der Waals surface area contributed by atoms with Crippen molar-refractivity contribution in [2.75, 3.05) is 13.1 Å². The van der Waals surface area contributed by atoms with Gasteiger partial charge >= 0.3 is 0 Å². The number of nitrogens with zero attached hydrogens (tertiary/aromatic N) is 2. The van der Waals surface area contributed by atoms with E-state index in [0.717, 1.165) is 12.0 Å². The van der Waals surface area contributed by atoms with Crippen LogP contribution in [0.25, 0.3) is 0 Å². The number of nitrogens with one attached hydrogen (secondary N) is 1. The van der Waals surface area contributed by atoms with Gasteiger partial charge in [-0.1, -0.05) is 37.3 Å². The highest BCUT2D eigenvalue weighted by Crippen LogP contribution is 2.18. The van der Waals surface area contributed by atoms with Crippen molar-refractivity contribution in [1.29, 1.82) is 0 Å². The maximum absolute atomic E-state index is 12.8. The Morgan fingerprint density at radius 1 is 1.15 bits per heavy atom. The number of carbonyl (C=O) groups is 2. The Hall–Kier alpha value is -2.89. The number of hydrogen-bond acceptors (Lipinski definition) is 3. The number of rotatable bonds is 4. The molecule has 6 heteroatoms. The summed E-state index contributed by atoms with van der Waals surface area (Å²) in [7, 11) is 0. The predicted molar refractivity (Wildman–Crippen MR) is 98.7 cm³/mol. The van der Waals surface area contributed by atoms with Crippen LogP contribution in [0.15, 0.2) is 53.5 Å². The van der Waals surface area contributed by atoms with E-state index in [1.807, 2.05) is 42.2 Å². The molecule has 136 valence electrons. The highest BCUT2D eigenvalue weighted by atomic mass is 16.2. The SMILES string of the molecule is CC[C@@H]1CN(C(=O)c2ccc[nH]c2=O)CCC(=O)N1Cc1ccccc1. The molecule has 1 aliphatic heterocycles. The van der Waals surface area contributed by atoms with Gasteiger partial charge in [-0.25, -0.2) is 0 Å². The molecule has 0 saturated carbocycles. The third kappa shape index (κ3) is 3.85. The van der Waals surface area contributed by atoms with Crippen molar-refractivity contribution in [2.45, 2.75) is 32.4 Å². The summed E-state index contributed by atoms with van der Waals surface area (Å²) in [5.41, 5.74) is 0.784. The number of benzene rings is 1. The van der Waals surface area contributed by atoms with Gasteiger partial charge in [-0.2, -0.15) is 0 Å². The number of H-pyrrole nitrogens is 1. The third-order valence-electron chi connectivity index (χ3n) is 4.79. The molecule has 1 saturated heterocycles. The molecule has 2 amide bonds. The summed E-state index contributed by atoms with van der Waals surface area (Å²) >= 11 is 0. The smallest absolute Gasteiger partial charge is 0.260 e. The Morgan fingerprint density at radius 3 is 2.62 bits per heavy atom. The molecule has 0 spiro atoms. The quantitative estimate of drug-likeness (QED) is 0.914. The zero-order valence-corrected chi connectivity index (χ0v) is 14.9. The Labute approximate surface area is 152 Å². The van der Waals surface area contributed by atoms with Gasteiger partial charge in [-0.15, -0.1) is 0 Å². The maximum Gasteiger partial charge on any atom is 0.260 e. The van der Waals surface area contributed by atoms with Crippen LogP contribution in [0, 0.1) is 0 Å². The van der Waals surface area contributed by atoms with E-state index in [0.29, 0.717) is 19.6 Å². The van der Waals surface area contributed by atoms with Crippen molar-refractivity contribution in [3.8, 4) is 0 Å². The molecule has 0 radical (unpaired) electrons. The van der Waals surface area contributed by atoms with E-state index in [9.17, 15) is 14.4 Å². The van der Waals surface area contributed by atoms with Crippen LogP contribution in [-0.4, -0.2) is 45.7 Å². The fraction of sp³-hybridized carbons (Fsp3) is 0.350. The zero-order valence-electron chi connectivity index (χ0n) is 14.9. The van der Waals surface area contributed by atoms with Crippen LogP contribution in [-0.2, 0) is 11.3 Å². The molecule has 1 atom stereocenters. The number of aromatic nitrogens is 1. The monoisotopic (exact) mass is 353 g/mol. The van der Waals surface area contributed by atoms with Gasteiger partial charge in [0.15, 0.2) is 0 Å². The van der Waals surface area contributed by atoms with Gasteiger partial charge in [0.2, 0.25) is 5.91 Å². The minimum absolute atomic E-state index is 0.0398. The minimum Gasteiger partial charge on any atom is -0.336 e. The number of aromatic amines is 1. The second-order valence-electron chi connectivity index (χ2n) is 6.48. The van der Waals surface area contributed by atoms with E-state index in [2.05, 4.69) is 4.98 Å². The van der Waals surface area contributed by atoms with Crippen LogP contribution in [0.5, 0.6) is 0 Å². The third-order valence-corrected chi connectivity index (χ3v) is 4.79. The van der Waals surface area contributed by atoms with Gasteiger partial charge in [0.25, 0.3) is 11.5 Å². The molecule has 6 nitrogen and oxygen atoms in total. The van der Waals surface area contributed by atoms with E-state index in [1.165, 1.54) is 12.3 Å². The summed E-state index contributed by atoms with van der Waals surface area (Å²) in [4.78, 5) is 43.4. The molecular weight excluding hydrogens is 330 g/mol. The molecule has 2 heterocycles. The lowest BCUT2D eigenvalue weighted by Gasteiger charge is -2.31. The van der Waals surface area contributed by atoms with Crippen molar-refractivity contribution < 1.29 is 9.59 Å². The van der Waals surface area contributed by atoms with Crippen LogP contribution < -0.4 is 5.56 Å². The van der Waals surface area contributed by atoms with Gasteiger partial charge in [-0.05, 0) is 24.1 Å². The first-order chi connectivity index (χ1) is 12.6. The first-order valence-corrected chi connectivity index (χ1v) is 8.90. The van der Waals surface area contributed by atoms with E-state index in [4.69, 9.17) is 0 Å². The highest BCUT2D eigenvalue weighted by molar-refractivity contribution is 5.94. The summed E-state index contributed by atoms with van der Waals surface area (Å²) < 4.78 is 0. The highest BCUT2D eigenvalue weighted by Gasteiger charge is 2.31. The molecule has 1 aliphatic rings. The fourth-order valence-corrected chi connectivity index (χ4v) is 3.31. The molecule has 3 rings (SSSR count). The standard InChI is InChI=1S/C20H23N3O3/c1-2-16-14-22(20(26)17-9-6-11-21-19(17)25)12-10-18(24)23(16)13-15-7-4-3-5-8-15/h3-9,11,16H,2,10,12-14H2,1H3,(H,21,25)/t16-/m1/s1. The second-order valence-corrected chi connectivity index (χ2v) is 6.48. The largest absolute Gasteiger partial charge is 0.336 e. The van der Waals surface area contributed by atoms with Crippen LogP contribution in [0.2, 0.25) is 0 Å². The lowest BCUT2D eigenvalue weighted by atomic mass is 10.1. The average Bonchev–Trinajstić information content (AvgIpc) is 2.82. The zero-order chi connectivity index (χ0) is 18.5. The number of hydrogen-bond donors (Lipinski definition) is 1. The second kappa shape index (κ2) is 7.99. The predicted octanol–water partition coefficient (Wildman–Crippen LogP) is 2.03. The van der Waals surface area contributed by atoms with E-state index in [-0.39, 0.29) is 29.8 Å². The normalized spacial score (nSPS) is 17.9. The summed E-state index contributed by atoms with van der Waals surface area (Å²) in [6.45, 7) is 3.31. The Morgan fingerprint density at radius 2 is 1.92 bits per heavy atom. The number of amides is 2. The van der Waals surface area contributed by atoms with E-state index in [1.54, 1.807) is 11.0 Å². The Balaban J connectivity index is 1.81. The van der Waals surface area contributed by atoms with Gasteiger partial charge in [0.1, 0.15) is 5.56 Å². The van der Waals surface area contributed by atoms with Crippen molar-refractivity contribution in [3.63, 3.8) is 0 Å². The summed E-state index contributed by atoms with van der Waals surface area (Å²) in [6.07, 6.45) is 2.51. The Kier molecular flexibility index (Phi) is 5.51. The van der Waals surface area contributed by atoms with Gasteiger partial charge in [0, 0.05) is 38.3 Å². The van der Waals surface area contributed by atoms with Crippen molar-refractivity contribution in [1.82, 2.24) is 14.8 Å². The summed E-state index contributed by atoms with van der Waals surface area (Å²) in [5, 5.41) is 0. The number of pyridine rings is 1. The molecule has 2 aromatic rings. The van der Waals surface area contributed by atoms with Gasteiger partial charge < -0.3 is 14.8 Å². The molecule has 0 unspecified atom stereocenters. The molecule has 1 fully saturated rings. The fourth-order valence-electron chi connectivity index (χ4n) is 3.31. The molecular formula is C20H23N3O3. The molecule has 0 aliphatic carbocycles. The minimum atomic E-state index is -0.401. The Bertz CT molecular complexity index is 831. The molecule has 0 bridgehead atoms. The summed E-state index contributed by atoms with van der Waals surface area (Å²) in [6, 6.07) is 12.9. The van der Waals surface area contributed by atoms with E-state index >= 15 is 0 Å². The number of carbonyl (C=O) groups excluding carboxylic acids is 2. The van der Waals surface area contributed by atoms with Crippen molar-refractivity contribution in [2.24, 2.45) is 0 Å². The van der Waals surface area contributed by atoms with Gasteiger partial charge in [-0.3, -0.25) is 14.4 Å². The lowest BCUT2D eigenvalue weighted by Crippen LogP contribution is -2.44. The molecule has 26 heavy (non-hydrogen) atoms. The lowest BCUT2D eigenvalue weighted by molar-refractivity contribution is -0.133. The van der Waals surface area contributed by atoms with Crippen molar-refractivity contribution >= 4 is 11.8 Å². The molecule has 1 aromatic carbocycles. The average molecular weight is 353 g/mol. The van der Waals surface area contributed by atoms with Crippen LogP contribution in [0.3, 0.4) is 0 Å². The topological polar surface area (TPSA) is 73.5 Å². The molecule has 1 aromatic heterocycles. The van der Waals surface area contributed by atoms with Crippen LogP contribution >= 0.6 is 0 Å².